The van der Waals surface area contributed by atoms with E-state index in [-0.39, 0.29) is 17.4 Å². The molecule has 4 rings (SSSR count). The molecule has 3 aromatic rings. The molecule has 0 atom stereocenters. The lowest BCUT2D eigenvalue weighted by Crippen LogP contribution is -2.33. The van der Waals surface area contributed by atoms with Crippen LogP contribution in [-0.4, -0.2) is 20.9 Å². The van der Waals surface area contributed by atoms with E-state index >= 15 is 0 Å². The summed E-state index contributed by atoms with van der Waals surface area (Å²) in [5, 5.41) is 4.61. The molecule has 0 fully saturated rings. The van der Waals surface area contributed by atoms with Crippen molar-refractivity contribution in [2.45, 2.75) is 18.7 Å². The molecule has 144 valence electrons. The van der Waals surface area contributed by atoms with Crippen LogP contribution in [0.2, 0.25) is 0 Å². The number of amides is 1. The molecule has 0 aliphatic carbocycles. The zero-order valence-electron chi connectivity index (χ0n) is 15.5. The zero-order chi connectivity index (χ0) is 19.9. The fourth-order valence-electron chi connectivity index (χ4n) is 2.98. The molecule has 2 N–H and O–H groups in total. The lowest BCUT2D eigenvalue weighted by molar-refractivity contribution is -0.124. The van der Waals surface area contributed by atoms with Crippen LogP contribution in [0.25, 0.3) is 10.8 Å². The van der Waals surface area contributed by atoms with Gasteiger partial charge in [0.05, 0.1) is 21.7 Å². The maximum absolute atomic E-state index is 12.8. The number of benzene rings is 3. The predicted molar refractivity (Wildman–Crippen MR) is 109 cm³/mol. The summed E-state index contributed by atoms with van der Waals surface area (Å²) in [6.07, 6.45) is 0. The van der Waals surface area contributed by atoms with Gasteiger partial charge in [0.15, 0.2) is 0 Å². The van der Waals surface area contributed by atoms with E-state index in [9.17, 15) is 13.2 Å². The molecule has 3 aromatic carbocycles. The number of fused-ring (bicyclic) bond motifs is 2. The Morgan fingerprint density at radius 2 is 1.75 bits per heavy atom. The summed E-state index contributed by atoms with van der Waals surface area (Å²) in [5.74, 6) is 0.327. The summed E-state index contributed by atoms with van der Waals surface area (Å²) in [5.41, 5.74) is 0.105. The first-order chi connectivity index (χ1) is 13.2. The van der Waals surface area contributed by atoms with Crippen LogP contribution in [0.3, 0.4) is 0 Å². The second-order valence-electron chi connectivity index (χ2n) is 7.45. The van der Waals surface area contributed by atoms with Gasteiger partial charge in [-0.15, -0.1) is 0 Å². The monoisotopic (exact) mass is 396 g/mol. The van der Waals surface area contributed by atoms with Crippen LogP contribution >= 0.6 is 0 Å². The van der Waals surface area contributed by atoms with Gasteiger partial charge < -0.3 is 10.1 Å². The van der Waals surface area contributed by atoms with Gasteiger partial charge in [0.25, 0.3) is 10.0 Å². The second kappa shape index (κ2) is 6.53. The van der Waals surface area contributed by atoms with Gasteiger partial charge in [0, 0.05) is 0 Å². The Morgan fingerprint density at radius 3 is 2.54 bits per heavy atom. The molecule has 0 radical (unpaired) electrons. The smallest absolute Gasteiger partial charge is 0.261 e. The van der Waals surface area contributed by atoms with E-state index in [4.69, 9.17) is 4.74 Å². The highest BCUT2D eigenvalue weighted by Crippen LogP contribution is 2.34. The first-order valence-electron chi connectivity index (χ1n) is 8.85. The minimum atomic E-state index is -3.78. The van der Waals surface area contributed by atoms with Crippen molar-refractivity contribution in [2.24, 2.45) is 5.41 Å². The third-order valence-electron chi connectivity index (χ3n) is 4.71. The Morgan fingerprint density at radius 1 is 1.00 bits per heavy atom. The molecule has 1 heterocycles. The predicted octanol–water partition coefficient (Wildman–Crippen LogP) is 4.00. The van der Waals surface area contributed by atoms with Gasteiger partial charge in [-0.2, -0.15) is 0 Å². The van der Waals surface area contributed by atoms with Crippen LogP contribution in [0.15, 0.2) is 65.6 Å². The summed E-state index contributed by atoms with van der Waals surface area (Å²) >= 11 is 0. The van der Waals surface area contributed by atoms with Crippen LogP contribution in [0.1, 0.15) is 13.8 Å². The average molecular weight is 396 g/mol. The van der Waals surface area contributed by atoms with Crippen molar-refractivity contribution in [3.8, 4) is 5.75 Å². The van der Waals surface area contributed by atoms with Crippen molar-refractivity contribution >= 4 is 38.1 Å². The number of hydrogen-bond donors (Lipinski definition) is 2. The van der Waals surface area contributed by atoms with Gasteiger partial charge in [-0.25, -0.2) is 8.42 Å². The third kappa shape index (κ3) is 3.41. The van der Waals surface area contributed by atoms with Crippen LogP contribution in [0.5, 0.6) is 5.75 Å². The van der Waals surface area contributed by atoms with E-state index in [1.165, 1.54) is 0 Å². The molecule has 1 amide bonds. The van der Waals surface area contributed by atoms with E-state index < -0.39 is 15.4 Å². The minimum absolute atomic E-state index is 0.169. The Balaban J connectivity index is 1.64. The van der Waals surface area contributed by atoms with Gasteiger partial charge in [-0.3, -0.25) is 9.52 Å². The molecule has 1 aliphatic heterocycles. The number of hydrogen-bond acceptors (Lipinski definition) is 4. The van der Waals surface area contributed by atoms with Gasteiger partial charge in [0.2, 0.25) is 5.91 Å². The summed E-state index contributed by atoms with van der Waals surface area (Å²) in [7, 11) is -3.78. The van der Waals surface area contributed by atoms with Crippen molar-refractivity contribution in [3.63, 3.8) is 0 Å². The standard InChI is InChI=1S/C21H20N2O4S/c1-21(2)13-27-19-10-8-16(12-18(19)22-20(21)24)23-28(25,26)17-9-7-14-5-3-4-6-15(14)11-17/h3-12,23H,13H2,1-2H3,(H,22,24). The van der Waals surface area contributed by atoms with Crippen LogP contribution < -0.4 is 14.8 Å². The Labute approximate surface area is 163 Å². The first-order valence-corrected chi connectivity index (χ1v) is 10.3. The Hall–Kier alpha value is -3.06. The quantitative estimate of drug-likeness (QED) is 0.701. The molecule has 1 aliphatic rings. The average Bonchev–Trinajstić information content (AvgIpc) is 2.77. The summed E-state index contributed by atoms with van der Waals surface area (Å²) in [6.45, 7) is 3.82. The Bertz CT molecular complexity index is 1190. The normalized spacial score (nSPS) is 15.9. The molecular weight excluding hydrogens is 376 g/mol. The number of nitrogens with one attached hydrogen (secondary N) is 2. The number of carbonyl (C=O) groups excluding carboxylic acids is 1. The van der Waals surface area contributed by atoms with E-state index in [0.29, 0.717) is 17.1 Å². The lowest BCUT2D eigenvalue weighted by Gasteiger charge is -2.18. The number of anilines is 2. The molecular formula is C21H20N2O4S. The highest BCUT2D eigenvalue weighted by atomic mass is 32.2. The first kappa shape index (κ1) is 18.3. The van der Waals surface area contributed by atoms with E-state index in [0.717, 1.165) is 10.8 Å². The molecule has 6 nitrogen and oxygen atoms in total. The lowest BCUT2D eigenvalue weighted by atomic mass is 9.94. The van der Waals surface area contributed by atoms with Crippen molar-refractivity contribution < 1.29 is 17.9 Å². The molecule has 0 aromatic heterocycles. The number of sulfonamides is 1. The molecule has 7 heteroatoms. The van der Waals surface area contributed by atoms with Crippen molar-refractivity contribution in [1.82, 2.24) is 0 Å². The van der Waals surface area contributed by atoms with Crippen LogP contribution in [0.4, 0.5) is 11.4 Å². The van der Waals surface area contributed by atoms with Crippen LogP contribution in [0, 0.1) is 5.41 Å². The summed E-state index contributed by atoms with van der Waals surface area (Å²) in [6, 6.07) is 17.4. The molecule has 0 spiro atoms. The number of ether oxygens (including phenoxy) is 1. The minimum Gasteiger partial charge on any atom is -0.490 e. The number of rotatable bonds is 3. The highest BCUT2D eigenvalue weighted by Gasteiger charge is 2.32. The molecule has 0 unspecified atom stereocenters. The van der Waals surface area contributed by atoms with Crippen molar-refractivity contribution in [2.75, 3.05) is 16.6 Å². The van der Waals surface area contributed by atoms with E-state index in [1.807, 2.05) is 24.3 Å². The van der Waals surface area contributed by atoms with Gasteiger partial charge >= 0.3 is 0 Å². The zero-order valence-corrected chi connectivity index (χ0v) is 16.3. The largest absolute Gasteiger partial charge is 0.490 e. The third-order valence-corrected chi connectivity index (χ3v) is 6.09. The fraction of sp³-hybridized carbons (Fsp3) is 0.190. The topological polar surface area (TPSA) is 84.5 Å². The highest BCUT2D eigenvalue weighted by molar-refractivity contribution is 7.92. The number of carbonyl (C=O) groups is 1. The van der Waals surface area contributed by atoms with Gasteiger partial charge in [-0.1, -0.05) is 30.3 Å². The summed E-state index contributed by atoms with van der Waals surface area (Å²) < 4.78 is 33.9. The molecule has 28 heavy (non-hydrogen) atoms. The van der Waals surface area contributed by atoms with Crippen LogP contribution in [-0.2, 0) is 14.8 Å². The maximum atomic E-state index is 12.8. The molecule has 0 bridgehead atoms. The molecule has 0 saturated carbocycles. The van der Waals surface area contributed by atoms with Crippen molar-refractivity contribution in [1.29, 1.82) is 0 Å². The van der Waals surface area contributed by atoms with Gasteiger partial charge in [0.1, 0.15) is 12.4 Å². The summed E-state index contributed by atoms with van der Waals surface area (Å²) in [4.78, 5) is 12.5. The Kier molecular flexibility index (Phi) is 4.27. The SMILES string of the molecule is CC1(C)COc2ccc(NS(=O)(=O)c3ccc4ccccc4c3)cc2NC1=O. The second-order valence-corrected chi connectivity index (χ2v) is 9.13. The van der Waals surface area contributed by atoms with Gasteiger partial charge in [-0.05, 0) is 55.0 Å². The molecule has 0 saturated heterocycles. The maximum Gasteiger partial charge on any atom is 0.261 e. The van der Waals surface area contributed by atoms with Crippen molar-refractivity contribution in [3.05, 3.63) is 60.7 Å². The van der Waals surface area contributed by atoms with E-state index in [1.54, 1.807) is 50.2 Å². The van der Waals surface area contributed by atoms with E-state index in [2.05, 4.69) is 10.0 Å². The fourth-order valence-corrected chi connectivity index (χ4v) is 4.07.